The van der Waals surface area contributed by atoms with Crippen LogP contribution >= 0.6 is 12.2 Å². The number of benzene rings is 2. The van der Waals surface area contributed by atoms with Crippen molar-refractivity contribution in [1.82, 2.24) is 10.2 Å². The number of carbonyl (C=O) groups excluding carboxylic acids is 1. The number of anilines is 1. The maximum absolute atomic E-state index is 13.8. The first kappa shape index (κ1) is 23.3. The molecule has 0 unspecified atom stereocenters. The third-order valence-corrected chi connectivity index (χ3v) is 6.83. The van der Waals surface area contributed by atoms with Crippen LogP contribution in [0.25, 0.3) is 0 Å². The average molecular weight is 470 g/mol. The van der Waals surface area contributed by atoms with Crippen molar-refractivity contribution < 1.29 is 19.0 Å². The summed E-state index contributed by atoms with van der Waals surface area (Å²) in [5, 5.41) is 7.11. The Labute approximate surface area is 200 Å². The molecule has 0 radical (unpaired) electrons. The van der Waals surface area contributed by atoms with E-state index in [4.69, 9.17) is 26.4 Å². The van der Waals surface area contributed by atoms with Crippen LogP contribution in [0.4, 0.5) is 5.69 Å². The molecule has 1 saturated heterocycles. The van der Waals surface area contributed by atoms with Crippen molar-refractivity contribution in [1.29, 1.82) is 0 Å². The number of aryl methyl sites for hydroxylation is 2. The van der Waals surface area contributed by atoms with Crippen LogP contribution in [0.2, 0.25) is 0 Å². The summed E-state index contributed by atoms with van der Waals surface area (Å²) in [7, 11) is 3.29. The van der Waals surface area contributed by atoms with E-state index in [0.29, 0.717) is 29.8 Å². The Morgan fingerprint density at radius 2 is 2.06 bits per heavy atom. The van der Waals surface area contributed by atoms with Crippen LogP contribution in [0.15, 0.2) is 36.4 Å². The van der Waals surface area contributed by atoms with Crippen molar-refractivity contribution in [2.24, 2.45) is 5.92 Å². The molecule has 3 atom stereocenters. The molecule has 176 valence electrons. The lowest BCUT2D eigenvalue weighted by Gasteiger charge is -2.56. The van der Waals surface area contributed by atoms with Gasteiger partial charge in [-0.05, 0) is 57.1 Å². The number of amides is 1. The maximum atomic E-state index is 13.8. The molecule has 1 fully saturated rings. The lowest BCUT2D eigenvalue weighted by atomic mass is 9.78. The van der Waals surface area contributed by atoms with E-state index < -0.39 is 11.6 Å². The summed E-state index contributed by atoms with van der Waals surface area (Å²) in [5.41, 5.74) is 2.79. The molecule has 2 bridgehead atoms. The Morgan fingerprint density at radius 3 is 2.76 bits per heavy atom. The standard InChI is InChI=1S/C25H31N3O4S/c1-15-10-11-18(16(2)14-15)26-23(29)20-21-17-8-6-9-19(31-5)22(17)32-25(20,3)28(24(33)27-21)12-7-13-30-4/h6,8-11,14,20-21H,7,12-13H2,1-5H3,(H,26,29)(H,27,33)/t20-,21+,25-/m0/s1. The highest BCUT2D eigenvalue weighted by Gasteiger charge is 2.59. The summed E-state index contributed by atoms with van der Waals surface area (Å²) in [6.07, 6.45) is 0.742. The SMILES string of the molecule is COCCCN1C(=S)N[C@@H]2c3cccc(OC)c3O[C@@]1(C)[C@@H]2C(=O)Nc1ccc(C)cc1C. The molecule has 0 spiro atoms. The zero-order valence-corrected chi connectivity index (χ0v) is 20.5. The number of carbonyl (C=O) groups is 1. The molecule has 2 N–H and O–H groups in total. The molecule has 2 aromatic carbocycles. The number of thiocarbonyl (C=S) groups is 1. The van der Waals surface area contributed by atoms with Gasteiger partial charge in [0.05, 0.1) is 13.2 Å². The number of rotatable bonds is 7. The summed E-state index contributed by atoms with van der Waals surface area (Å²) < 4.78 is 17.4. The summed E-state index contributed by atoms with van der Waals surface area (Å²) in [4.78, 5) is 15.8. The Morgan fingerprint density at radius 1 is 1.27 bits per heavy atom. The quantitative estimate of drug-likeness (QED) is 0.470. The van der Waals surface area contributed by atoms with E-state index >= 15 is 0 Å². The number of nitrogens with one attached hydrogen (secondary N) is 2. The highest BCUT2D eigenvalue weighted by atomic mass is 32.1. The van der Waals surface area contributed by atoms with Gasteiger partial charge in [0.25, 0.3) is 0 Å². The van der Waals surface area contributed by atoms with Crippen LogP contribution in [0.1, 0.15) is 36.1 Å². The summed E-state index contributed by atoms with van der Waals surface area (Å²) in [6.45, 7) is 7.12. The summed E-state index contributed by atoms with van der Waals surface area (Å²) in [5.74, 6) is 0.569. The second-order valence-corrected chi connectivity index (χ2v) is 9.13. The van der Waals surface area contributed by atoms with Gasteiger partial charge in [-0.3, -0.25) is 4.79 Å². The van der Waals surface area contributed by atoms with Gasteiger partial charge in [0.15, 0.2) is 22.3 Å². The Balaban J connectivity index is 1.76. The minimum absolute atomic E-state index is 0.130. The average Bonchev–Trinajstić information content (AvgIpc) is 2.77. The molecule has 7 nitrogen and oxygen atoms in total. The second-order valence-electron chi connectivity index (χ2n) is 8.75. The molecular formula is C25H31N3O4S. The van der Waals surface area contributed by atoms with Crippen LogP contribution in [0, 0.1) is 19.8 Å². The third kappa shape index (κ3) is 4.13. The summed E-state index contributed by atoms with van der Waals surface area (Å²) >= 11 is 5.73. The van der Waals surface area contributed by atoms with Crippen molar-refractivity contribution >= 4 is 28.9 Å². The fraction of sp³-hybridized carbons (Fsp3) is 0.440. The Bertz CT molecular complexity index is 1080. The first-order valence-corrected chi connectivity index (χ1v) is 11.5. The molecule has 0 saturated carbocycles. The largest absolute Gasteiger partial charge is 0.493 e. The molecular weight excluding hydrogens is 438 g/mol. The van der Waals surface area contributed by atoms with E-state index in [9.17, 15) is 4.79 Å². The summed E-state index contributed by atoms with van der Waals surface area (Å²) in [6, 6.07) is 11.4. The van der Waals surface area contributed by atoms with Crippen LogP contribution in [0.5, 0.6) is 11.5 Å². The predicted molar refractivity (Wildman–Crippen MR) is 132 cm³/mol. The van der Waals surface area contributed by atoms with E-state index in [1.165, 1.54) is 0 Å². The van der Waals surface area contributed by atoms with E-state index in [0.717, 1.165) is 28.8 Å². The lowest BCUT2D eigenvalue weighted by molar-refractivity contribution is -0.150. The molecule has 33 heavy (non-hydrogen) atoms. The number of hydrogen-bond donors (Lipinski definition) is 2. The van der Waals surface area contributed by atoms with Gasteiger partial charge in [0.2, 0.25) is 5.91 Å². The van der Waals surface area contributed by atoms with Gasteiger partial charge in [0, 0.05) is 31.5 Å². The Kier molecular flexibility index (Phi) is 6.50. The van der Waals surface area contributed by atoms with E-state index in [1.54, 1.807) is 14.2 Å². The van der Waals surface area contributed by atoms with Gasteiger partial charge in [-0.25, -0.2) is 0 Å². The van der Waals surface area contributed by atoms with Gasteiger partial charge >= 0.3 is 0 Å². The molecule has 2 aliphatic heterocycles. The van der Waals surface area contributed by atoms with Gasteiger partial charge < -0.3 is 29.7 Å². The first-order valence-electron chi connectivity index (χ1n) is 11.1. The Hall–Kier alpha value is -2.84. The minimum Gasteiger partial charge on any atom is -0.493 e. The zero-order valence-electron chi connectivity index (χ0n) is 19.7. The third-order valence-electron chi connectivity index (χ3n) is 6.50. The van der Waals surface area contributed by atoms with Crippen molar-refractivity contribution in [3.63, 3.8) is 0 Å². The normalized spacial score (nSPS) is 23.3. The molecule has 0 aliphatic carbocycles. The predicted octanol–water partition coefficient (Wildman–Crippen LogP) is 3.94. The fourth-order valence-corrected chi connectivity index (χ4v) is 5.25. The van der Waals surface area contributed by atoms with Crippen LogP contribution in [-0.4, -0.2) is 49.0 Å². The second kappa shape index (κ2) is 9.19. The smallest absolute Gasteiger partial charge is 0.236 e. The van der Waals surface area contributed by atoms with Crippen molar-refractivity contribution in [3.8, 4) is 11.5 Å². The van der Waals surface area contributed by atoms with Crippen LogP contribution in [0.3, 0.4) is 0 Å². The van der Waals surface area contributed by atoms with Gasteiger partial charge in [0.1, 0.15) is 5.92 Å². The molecule has 2 heterocycles. The van der Waals surface area contributed by atoms with Crippen molar-refractivity contribution in [3.05, 3.63) is 53.1 Å². The fourth-order valence-electron chi connectivity index (χ4n) is 4.85. The number of fused-ring (bicyclic) bond motifs is 4. The molecule has 2 aliphatic rings. The molecule has 8 heteroatoms. The topological polar surface area (TPSA) is 72.1 Å². The van der Waals surface area contributed by atoms with E-state index in [1.807, 2.05) is 56.0 Å². The number of para-hydroxylation sites is 1. The molecule has 2 aromatic rings. The van der Waals surface area contributed by atoms with E-state index in [2.05, 4.69) is 16.7 Å². The van der Waals surface area contributed by atoms with Gasteiger partial charge in [-0.2, -0.15) is 0 Å². The van der Waals surface area contributed by atoms with Gasteiger partial charge in [-0.15, -0.1) is 0 Å². The maximum Gasteiger partial charge on any atom is 0.236 e. The van der Waals surface area contributed by atoms with Crippen LogP contribution < -0.4 is 20.1 Å². The number of nitrogens with zero attached hydrogens (tertiary/aromatic N) is 1. The highest BCUT2D eigenvalue weighted by molar-refractivity contribution is 7.80. The monoisotopic (exact) mass is 469 g/mol. The first-order chi connectivity index (χ1) is 15.8. The highest BCUT2D eigenvalue weighted by Crippen LogP contribution is 2.51. The minimum atomic E-state index is -1.01. The number of ether oxygens (including phenoxy) is 3. The molecule has 0 aromatic heterocycles. The lowest BCUT2D eigenvalue weighted by Crippen LogP contribution is -2.71. The molecule has 4 rings (SSSR count). The number of methoxy groups -OCH3 is 2. The van der Waals surface area contributed by atoms with Crippen molar-refractivity contribution in [2.45, 2.75) is 39.0 Å². The zero-order chi connectivity index (χ0) is 23.8. The van der Waals surface area contributed by atoms with Crippen molar-refractivity contribution in [2.75, 3.05) is 32.7 Å². The molecule has 1 amide bonds. The number of hydrogen-bond acceptors (Lipinski definition) is 5. The van der Waals surface area contributed by atoms with Gasteiger partial charge in [-0.1, -0.05) is 29.8 Å². The van der Waals surface area contributed by atoms with Crippen LogP contribution in [-0.2, 0) is 9.53 Å². The van der Waals surface area contributed by atoms with E-state index in [-0.39, 0.29) is 11.9 Å².